The fourth-order valence-electron chi connectivity index (χ4n) is 9.31. The Bertz CT molecular complexity index is 612. The van der Waals surface area contributed by atoms with E-state index >= 15 is 0 Å². The van der Waals surface area contributed by atoms with Crippen LogP contribution < -0.4 is 0 Å². The minimum atomic E-state index is -4.02. The molecular weight excluding hydrogens is 393 g/mol. The normalized spacial score (nSPS) is 46.2. The Morgan fingerprint density at radius 1 is 0.871 bits per heavy atom. The van der Waals surface area contributed by atoms with Gasteiger partial charge in [0.05, 0.1) is 5.92 Å². The van der Waals surface area contributed by atoms with Crippen LogP contribution in [0.15, 0.2) is 0 Å². The van der Waals surface area contributed by atoms with Crippen molar-refractivity contribution in [3.05, 3.63) is 0 Å². The molecule has 0 saturated heterocycles. The molecule has 0 N–H and O–H groups in total. The summed E-state index contributed by atoms with van der Waals surface area (Å²) in [4.78, 5) is 0. The van der Waals surface area contributed by atoms with Crippen LogP contribution >= 0.6 is 0 Å². The van der Waals surface area contributed by atoms with E-state index in [0.717, 1.165) is 54.8 Å². The highest BCUT2D eigenvalue weighted by molar-refractivity contribution is 5.09. The SMILES string of the molecule is CCC1CCC2(C)C(CCC3C4CCC(CCCC[C@H](C)C(F)(F)F)C4(C)CCC32)C1. The lowest BCUT2D eigenvalue weighted by Crippen LogP contribution is -2.53. The maximum Gasteiger partial charge on any atom is 0.391 e. The van der Waals surface area contributed by atoms with Gasteiger partial charge in [-0.15, -0.1) is 0 Å². The summed E-state index contributed by atoms with van der Waals surface area (Å²) in [5.41, 5.74) is 1.04. The molecule has 0 amide bonds. The average Bonchev–Trinajstić information content (AvgIpc) is 3.06. The molecule has 0 radical (unpaired) electrons. The molecule has 0 aromatic rings. The van der Waals surface area contributed by atoms with E-state index in [9.17, 15) is 13.2 Å². The third kappa shape index (κ3) is 4.34. The number of alkyl halides is 3. The summed E-state index contributed by atoms with van der Waals surface area (Å²) < 4.78 is 38.4. The minimum Gasteiger partial charge on any atom is -0.171 e. The van der Waals surface area contributed by atoms with E-state index < -0.39 is 12.1 Å². The molecule has 4 rings (SSSR count). The van der Waals surface area contributed by atoms with E-state index in [-0.39, 0.29) is 0 Å². The quantitative estimate of drug-likeness (QED) is 0.361. The molecular formula is C28H47F3. The average molecular weight is 441 g/mol. The van der Waals surface area contributed by atoms with Crippen LogP contribution in [-0.4, -0.2) is 6.18 Å². The topological polar surface area (TPSA) is 0 Å². The molecule has 180 valence electrons. The van der Waals surface area contributed by atoms with Crippen LogP contribution in [0.1, 0.15) is 118 Å². The lowest BCUT2D eigenvalue weighted by atomic mass is 9.44. The third-order valence-electron chi connectivity index (χ3n) is 11.5. The highest BCUT2D eigenvalue weighted by Crippen LogP contribution is 2.68. The zero-order valence-corrected chi connectivity index (χ0v) is 20.6. The van der Waals surface area contributed by atoms with Gasteiger partial charge in [0.15, 0.2) is 0 Å². The lowest BCUT2D eigenvalue weighted by Gasteiger charge is -2.61. The largest absolute Gasteiger partial charge is 0.391 e. The maximum absolute atomic E-state index is 12.8. The van der Waals surface area contributed by atoms with Crippen molar-refractivity contribution in [2.45, 2.75) is 124 Å². The molecule has 0 aromatic carbocycles. The van der Waals surface area contributed by atoms with Crippen LogP contribution in [0.3, 0.4) is 0 Å². The highest BCUT2D eigenvalue weighted by atomic mass is 19.4. The van der Waals surface area contributed by atoms with Gasteiger partial charge in [-0.05, 0) is 117 Å². The molecule has 8 unspecified atom stereocenters. The maximum atomic E-state index is 12.8. The van der Waals surface area contributed by atoms with Gasteiger partial charge in [0.1, 0.15) is 0 Å². The summed E-state index contributed by atoms with van der Waals surface area (Å²) in [6, 6.07) is 0. The molecule has 31 heavy (non-hydrogen) atoms. The van der Waals surface area contributed by atoms with Gasteiger partial charge in [0.2, 0.25) is 0 Å². The fraction of sp³-hybridized carbons (Fsp3) is 1.00. The molecule has 4 saturated carbocycles. The fourth-order valence-corrected chi connectivity index (χ4v) is 9.31. The van der Waals surface area contributed by atoms with Crippen LogP contribution in [-0.2, 0) is 0 Å². The van der Waals surface area contributed by atoms with Crippen molar-refractivity contribution >= 4 is 0 Å². The van der Waals surface area contributed by atoms with E-state index in [2.05, 4.69) is 20.8 Å². The van der Waals surface area contributed by atoms with E-state index in [1.54, 1.807) is 0 Å². The van der Waals surface area contributed by atoms with Crippen LogP contribution in [0.4, 0.5) is 13.2 Å². The van der Waals surface area contributed by atoms with Gasteiger partial charge in [-0.1, -0.05) is 47.0 Å². The zero-order valence-electron chi connectivity index (χ0n) is 20.6. The van der Waals surface area contributed by atoms with Crippen LogP contribution in [0.25, 0.3) is 0 Å². The predicted molar refractivity (Wildman–Crippen MR) is 123 cm³/mol. The number of unbranched alkanes of at least 4 members (excludes halogenated alkanes) is 1. The summed E-state index contributed by atoms with van der Waals surface area (Å²) >= 11 is 0. The zero-order chi connectivity index (χ0) is 22.4. The molecule has 0 aromatic heterocycles. The van der Waals surface area contributed by atoms with Crippen LogP contribution in [0, 0.1) is 52.3 Å². The van der Waals surface area contributed by atoms with Crippen molar-refractivity contribution in [1.82, 2.24) is 0 Å². The number of hydrogen-bond donors (Lipinski definition) is 0. The Balaban J connectivity index is 1.36. The third-order valence-corrected chi connectivity index (χ3v) is 11.5. The molecule has 3 heteroatoms. The lowest BCUT2D eigenvalue weighted by molar-refractivity contribution is -0.171. The first-order valence-corrected chi connectivity index (χ1v) is 13.7. The number of fused-ring (bicyclic) bond motifs is 5. The Kier molecular flexibility index (Phi) is 6.84. The molecule has 0 aliphatic heterocycles. The van der Waals surface area contributed by atoms with Crippen molar-refractivity contribution in [3.63, 3.8) is 0 Å². The number of halogens is 3. The van der Waals surface area contributed by atoms with Crippen molar-refractivity contribution in [3.8, 4) is 0 Å². The van der Waals surface area contributed by atoms with Gasteiger partial charge in [0, 0.05) is 0 Å². The molecule has 0 bridgehead atoms. The Hall–Kier alpha value is -0.210. The van der Waals surface area contributed by atoms with Gasteiger partial charge in [-0.3, -0.25) is 0 Å². The van der Waals surface area contributed by atoms with Gasteiger partial charge < -0.3 is 0 Å². The first-order chi connectivity index (χ1) is 14.6. The minimum absolute atomic E-state index is 0.305. The molecule has 4 aliphatic rings. The van der Waals surface area contributed by atoms with Crippen molar-refractivity contribution < 1.29 is 13.2 Å². The first kappa shape index (κ1) is 23.9. The summed E-state index contributed by atoms with van der Waals surface area (Å²) in [6.07, 6.45) is 13.4. The molecule has 0 spiro atoms. The monoisotopic (exact) mass is 440 g/mol. The van der Waals surface area contributed by atoms with Crippen LogP contribution in [0.5, 0.6) is 0 Å². The number of rotatable bonds is 6. The molecule has 4 fully saturated rings. The standard InChI is InChI=1S/C28H47F3/c1-5-20-14-16-27(4)22(18-20)10-12-23-24-13-11-21(26(24,3)17-15-25(23)27)9-7-6-8-19(2)28(29,30)31/h19-25H,5-18H2,1-4H3/t19-,20?,21?,22?,23?,24?,25?,26?,27?/m0/s1. The molecule has 4 aliphatic carbocycles. The second kappa shape index (κ2) is 8.86. The van der Waals surface area contributed by atoms with Gasteiger partial charge >= 0.3 is 6.18 Å². The first-order valence-electron chi connectivity index (χ1n) is 13.7. The molecule has 0 nitrogen and oxygen atoms in total. The highest BCUT2D eigenvalue weighted by Gasteiger charge is 2.59. The second-order valence-corrected chi connectivity index (χ2v) is 12.8. The summed E-state index contributed by atoms with van der Waals surface area (Å²) in [7, 11) is 0. The van der Waals surface area contributed by atoms with E-state index in [4.69, 9.17) is 0 Å². The smallest absolute Gasteiger partial charge is 0.171 e. The van der Waals surface area contributed by atoms with E-state index in [0.29, 0.717) is 17.3 Å². The predicted octanol–water partition coefficient (Wildman–Crippen LogP) is 9.43. The van der Waals surface area contributed by atoms with Gasteiger partial charge in [0.25, 0.3) is 0 Å². The van der Waals surface area contributed by atoms with E-state index in [1.807, 2.05) is 0 Å². The summed E-state index contributed by atoms with van der Waals surface area (Å²) in [6.45, 7) is 8.97. The molecule has 9 atom stereocenters. The Labute approximate surface area is 189 Å². The Morgan fingerprint density at radius 3 is 2.29 bits per heavy atom. The Morgan fingerprint density at radius 2 is 1.58 bits per heavy atom. The van der Waals surface area contributed by atoms with Crippen molar-refractivity contribution in [2.24, 2.45) is 52.3 Å². The number of hydrogen-bond acceptors (Lipinski definition) is 0. The van der Waals surface area contributed by atoms with Crippen molar-refractivity contribution in [2.75, 3.05) is 0 Å². The van der Waals surface area contributed by atoms with Crippen LogP contribution in [0.2, 0.25) is 0 Å². The van der Waals surface area contributed by atoms with Gasteiger partial charge in [-0.2, -0.15) is 13.2 Å². The van der Waals surface area contributed by atoms with Crippen molar-refractivity contribution in [1.29, 1.82) is 0 Å². The second-order valence-electron chi connectivity index (χ2n) is 12.8. The summed E-state index contributed by atoms with van der Waals surface area (Å²) in [5, 5.41) is 0. The summed E-state index contributed by atoms with van der Waals surface area (Å²) in [5.74, 6) is 4.28. The van der Waals surface area contributed by atoms with E-state index in [1.165, 1.54) is 71.1 Å². The van der Waals surface area contributed by atoms with Gasteiger partial charge in [-0.25, -0.2) is 0 Å². The molecule has 0 heterocycles.